The lowest BCUT2D eigenvalue weighted by Crippen LogP contribution is -2.13. The molecule has 2 aromatic rings. The monoisotopic (exact) mass is 375 g/mol. The molecule has 124 valence electrons. The van der Waals surface area contributed by atoms with E-state index in [1.165, 1.54) is 26.4 Å². The molecule has 0 aromatic heterocycles. The Morgan fingerprint density at radius 1 is 1.09 bits per heavy atom. The minimum absolute atomic E-state index is 0.0391. The normalized spacial score (nSPS) is 12.9. The standard InChI is InChI=1S/C15H16Cl2NO4P/c1-21-23(20,22-2)15(10-4-3-5-14(19)6-10)18-13-8-11(16)7-12(17)9-13/h3-9,15,18-19H,1-2H3/t15-/m0/s1. The first-order chi connectivity index (χ1) is 10.9. The van der Waals surface area contributed by atoms with Crippen LogP contribution in [-0.4, -0.2) is 19.3 Å². The second kappa shape index (κ2) is 7.56. The molecule has 2 aromatic carbocycles. The summed E-state index contributed by atoms with van der Waals surface area (Å²) in [5.41, 5.74) is 1.08. The van der Waals surface area contributed by atoms with E-state index in [9.17, 15) is 9.67 Å². The van der Waals surface area contributed by atoms with Crippen LogP contribution in [0.3, 0.4) is 0 Å². The second-order valence-corrected chi connectivity index (χ2v) is 7.90. The van der Waals surface area contributed by atoms with Gasteiger partial charge < -0.3 is 19.5 Å². The van der Waals surface area contributed by atoms with E-state index in [-0.39, 0.29) is 5.75 Å². The zero-order valence-corrected chi connectivity index (χ0v) is 14.9. The Balaban J connectivity index is 2.47. The van der Waals surface area contributed by atoms with Crippen LogP contribution in [0.5, 0.6) is 5.75 Å². The quantitative estimate of drug-likeness (QED) is 0.670. The minimum atomic E-state index is -3.54. The highest BCUT2D eigenvalue weighted by Gasteiger charge is 2.35. The second-order valence-electron chi connectivity index (χ2n) is 4.70. The molecular formula is C15H16Cl2NO4P. The third kappa shape index (κ3) is 4.40. The van der Waals surface area contributed by atoms with Gasteiger partial charge in [-0.15, -0.1) is 0 Å². The van der Waals surface area contributed by atoms with Crippen molar-refractivity contribution in [1.82, 2.24) is 0 Å². The number of nitrogens with one attached hydrogen (secondary N) is 1. The van der Waals surface area contributed by atoms with Crippen LogP contribution >= 0.6 is 30.8 Å². The summed E-state index contributed by atoms with van der Waals surface area (Å²) in [5.74, 6) is -0.809. The number of benzene rings is 2. The molecule has 8 heteroatoms. The summed E-state index contributed by atoms with van der Waals surface area (Å²) in [5, 5.41) is 13.6. The van der Waals surface area contributed by atoms with E-state index in [4.69, 9.17) is 32.2 Å². The van der Waals surface area contributed by atoms with Crippen molar-refractivity contribution in [2.75, 3.05) is 19.5 Å². The van der Waals surface area contributed by atoms with Crippen LogP contribution in [0.4, 0.5) is 5.69 Å². The molecule has 0 saturated carbocycles. The highest BCUT2D eigenvalue weighted by molar-refractivity contribution is 7.54. The predicted octanol–water partition coefficient (Wildman–Crippen LogP) is 5.30. The zero-order chi connectivity index (χ0) is 17.0. The Morgan fingerprint density at radius 3 is 2.22 bits per heavy atom. The van der Waals surface area contributed by atoms with Gasteiger partial charge in [0.05, 0.1) is 0 Å². The summed E-state index contributed by atoms with van der Waals surface area (Å²) >= 11 is 12.0. The molecule has 0 bridgehead atoms. The van der Waals surface area contributed by atoms with Crippen LogP contribution in [-0.2, 0) is 13.6 Å². The number of aromatic hydroxyl groups is 1. The van der Waals surface area contributed by atoms with Gasteiger partial charge in [-0.2, -0.15) is 0 Å². The zero-order valence-electron chi connectivity index (χ0n) is 12.5. The maximum Gasteiger partial charge on any atom is 0.356 e. The van der Waals surface area contributed by atoms with Crippen molar-refractivity contribution in [3.05, 3.63) is 58.1 Å². The van der Waals surface area contributed by atoms with Gasteiger partial charge in [0.25, 0.3) is 0 Å². The van der Waals surface area contributed by atoms with Gasteiger partial charge in [-0.05, 0) is 35.9 Å². The Labute approximate surface area is 144 Å². The average Bonchev–Trinajstić information content (AvgIpc) is 2.51. The molecule has 0 aliphatic rings. The van der Waals surface area contributed by atoms with Gasteiger partial charge in [0.15, 0.2) is 5.78 Å². The summed E-state index contributed by atoms with van der Waals surface area (Å²) in [7, 11) is -0.940. The summed E-state index contributed by atoms with van der Waals surface area (Å²) in [6, 6.07) is 11.2. The van der Waals surface area contributed by atoms with E-state index in [1.807, 2.05) is 0 Å². The first-order valence-electron chi connectivity index (χ1n) is 6.60. The fourth-order valence-corrected chi connectivity index (χ4v) is 4.05. The maximum atomic E-state index is 12.9. The first-order valence-corrected chi connectivity index (χ1v) is 8.97. The van der Waals surface area contributed by atoms with Gasteiger partial charge in [-0.1, -0.05) is 35.3 Å². The van der Waals surface area contributed by atoms with Gasteiger partial charge in [-0.3, -0.25) is 4.57 Å². The van der Waals surface area contributed by atoms with Crippen LogP contribution in [0.25, 0.3) is 0 Å². The smallest absolute Gasteiger partial charge is 0.356 e. The third-order valence-electron chi connectivity index (χ3n) is 3.18. The van der Waals surface area contributed by atoms with Crippen LogP contribution in [0.1, 0.15) is 11.3 Å². The van der Waals surface area contributed by atoms with E-state index in [0.29, 0.717) is 21.3 Å². The summed E-state index contributed by atoms with van der Waals surface area (Å²) in [6.07, 6.45) is 0. The number of phenols is 1. The maximum absolute atomic E-state index is 12.9. The van der Waals surface area contributed by atoms with Crippen LogP contribution in [0.15, 0.2) is 42.5 Å². The lowest BCUT2D eigenvalue weighted by molar-refractivity contribution is 0.268. The van der Waals surface area contributed by atoms with Crippen LogP contribution in [0.2, 0.25) is 10.0 Å². The molecule has 0 fully saturated rings. The Hall–Kier alpha value is -1.23. The topological polar surface area (TPSA) is 67.8 Å². The largest absolute Gasteiger partial charge is 0.508 e. The lowest BCUT2D eigenvalue weighted by Gasteiger charge is -2.26. The van der Waals surface area contributed by atoms with E-state index < -0.39 is 13.4 Å². The summed E-state index contributed by atoms with van der Waals surface area (Å²) in [6.45, 7) is 0. The molecule has 0 aliphatic carbocycles. The van der Waals surface area contributed by atoms with Crippen molar-refractivity contribution in [3.8, 4) is 5.75 Å². The van der Waals surface area contributed by atoms with Gasteiger partial charge in [0.1, 0.15) is 5.75 Å². The van der Waals surface area contributed by atoms with E-state index in [1.54, 1.807) is 30.3 Å². The Bertz CT molecular complexity index is 713. The lowest BCUT2D eigenvalue weighted by atomic mass is 10.2. The molecule has 5 nitrogen and oxygen atoms in total. The number of rotatable bonds is 6. The molecule has 0 spiro atoms. The Kier molecular flexibility index (Phi) is 5.95. The van der Waals surface area contributed by atoms with E-state index in [0.717, 1.165) is 0 Å². The molecule has 0 unspecified atom stereocenters. The highest BCUT2D eigenvalue weighted by Crippen LogP contribution is 2.60. The van der Waals surface area contributed by atoms with Crippen LogP contribution < -0.4 is 5.32 Å². The van der Waals surface area contributed by atoms with Crippen molar-refractivity contribution in [2.24, 2.45) is 0 Å². The van der Waals surface area contributed by atoms with Crippen LogP contribution in [0, 0.1) is 0 Å². The molecule has 23 heavy (non-hydrogen) atoms. The van der Waals surface area contributed by atoms with Crippen molar-refractivity contribution in [1.29, 1.82) is 0 Å². The molecule has 0 saturated heterocycles. The fourth-order valence-electron chi connectivity index (χ4n) is 2.12. The highest BCUT2D eigenvalue weighted by atomic mass is 35.5. The molecule has 2 N–H and O–H groups in total. The summed E-state index contributed by atoms with van der Waals surface area (Å²) < 4.78 is 23.1. The Morgan fingerprint density at radius 2 is 1.70 bits per heavy atom. The molecule has 0 amide bonds. The van der Waals surface area contributed by atoms with Gasteiger partial charge >= 0.3 is 7.60 Å². The van der Waals surface area contributed by atoms with E-state index in [2.05, 4.69) is 5.32 Å². The molecule has 2 rings (SSSR count). The van der Waals surface area contributed by atoms with Crippen molar-refractivity contribution >= 4 is 36.5 Å². The number of hydrogen-bond donors (Lipinski definition) is 2. The van der Waals surface area contributed by atoms with E-state index >= 15 is 0 Å². The first kappa shape index (κ1) is 18.1. The number of anilines is 1. The number of phenolic OH excluding ortho intramolecular Hbond substituents is 1. The fraction of sp³-hybridized carbons (Fsp3) is 0.200. The van der Waals surface area contributed by atoms with Crippen molar-refractivity contribution in [2.45, 2.75) is 5.78 Å². The molecule has 1 atom stereocenters. The minimum Gasteiger partial charge on any atom is -0.508 e. The SMILES string of the molecule is COP(=O)(OC)[C@H](Nc1cc(Cl)cc(Cl)c1)c1cccc(O)c1. The predicted molar refractivity (Wildman–Crippen MR) is 92.6 cm³/mol. The number of hydrogen-bond acceptors (Lipinski definition) is 5. The molecule has 0 aliphatic heterocycles. The molecule has 0 heterocycles. The molecule has 0 radical (unpaired) electrons. The van der Waals surface area contributed by atoms with Gasteiger partial charge in [-0.25, -0.2) is 0 Å². The summed E-state index contributed by atoms with van der Waals surface area (Å²) in [4.78, 5) is 0. The van der Waals surface area contributed by atoms with Gasteiger partial charge in [0.2, 0.25) is 0 Å². The average molecular weight is 376 g/mol. The van der Waals surface area contributed by atoms with Crippen molar-refractivity contribution < 1.29 is 18.7 Å². The third-order valence-corrected chi connectivity index (χ3v) is 5.69. The van der Waals surface area contributed by atoms with Crippen molar-refractivity contribution in [3.63, 3.8) is 0 Å². The molecular weight excluding hydrogens is 360 g/mol. The van der Waals surface area contributed by atoms with Gasteiger partial charge in [0, 0.05) is 30.0 Å². The number of halogens is 2.